The first-order valence-electron chi connectivity index (χ1n) is 5.67. The van der Waals surface area contributed by atoms with Gasteiger partial charge in [-0.05, 0) is 30.9 Å². The smallest absolute Gasteiger partial charge is 0.0808 e. The zero-order chi connectivity index (χ0) is 10.2. The van der Waals surface area contributed by atoms with Crippen LogP contribution in [0.5, 0.6) is 0 Å². The van der Waals surface area contributed by atoms with Crippen molar-refractivity contribution < 1.29 is 9.47 Å². The summed E-state index contributed by atoms with van der Waals surface area (Å²) in [6.45, 7) is 4.70. The van der Waals surface area contributed by atoms with E-state index < -0.39 is 0 Å². The van der Waals surface area contributed by atoms with Crippen LogP contribution in [0.4, 0.5) is 0 Å². The monoisotopic (exact) mass is 218 g/mol. The average Bonchev–Trinajstić information content (AvgIpc) is 2.26. The molecule has 0 spiro atoms. The zero-order valence-electron chi connectivity index (χ0n) is 9.08. The third kappa shape index (κ3) is 4.67. The Morgan fingerprint density at radius 2 is 2.36 bits per heavy atom. The Hall–Kier alpha value is 0.270. The lowest BCUT2D eigenvalue weighted by Gasteiger charge is -2.23. The summed E-state index contributed by atoms with van der Waals surface area (Å²) in [4.78, 5) is 0. The highest BCUT2D eigenvalue weighted by Gasteiger charge is 2.14. The minimum Gasteiger partial charge on any atom is -0.378 e. The summed E-state index contributed by atoms with van der Waals surface area (Å²) in [5.41, 5.74) is 0. The second kappa shape index (κ2) is 7.55. The molecule has 1 heterocycles. The number of hydrogen-bond acceptors (Lipinski definition) is 3. The van der Waals surface area contributed by atoms with E-state index in [1.807, 2.05) is 0 Å². The molecule has 1 aliphatic heterocycles. The van der Waals surface area contributed by atoms with Crippen molar-refractivity contribution in [3.05, 3.63) is 0 Å². The normalized spacial score (nSPS) is 24.9. The molecule has 0 aromatic rings. The maximum Gasteiger partial charge on any atom is 0.0808 e. The van der Waals surface area contributed by atoms with E-state index in [-0.39, 0.29) is 0 Å². The van der Waals surface area contributed by atoms with E-state index in [1.165, 1.54) is 12.8 Å². The fourth-order valence-electron chi connectivity index (χ4n) is 1.60. The molecule has 84 valence electrons. The minimum absolute atomic E-state index is 0.348. The summed E-state index contributed by atoms with van der Waals surface area (Å²) in [6, 6.07) is 0. The fraction of sp³-hybridized carbons (Fsp3) is 1.00. The molecule has 0 radical (unpaired) electrons. The van der Waals surface area contributed by atoms with E-state index in [9.17, 15) is 0 Å². The Labute approximate surface area is 92.8 Å². The summed E-state index contributed by atoms with van der Waals surface area (Å²) >= 11 is 4.28. The van der Waals surface area contributed by atoms with Gasteiger partial charge in [0.1, 0.15) is 0 Å². The van der Waals surface area contributed by atoms with Gasteiger partial charge in [-0.25, -0.2) is 0 Å². The van der Waals surface area contributed by atoms with Crippen molar-refractivity contribution in [2.75, 3.05) is 25.6 Å². The maximum atomic E-state index is 5.64. The molecule has 0 amide bonds. The predicted molar refractivity (Wildman–Crippen MR) is 62.0 cm³/mol. The first kappa shape index (κ1) is 12.3. The fourth-order valence-corrected chi connectivity index (χ4v) is 1.97. The van der Waals surface area contributed by atoms with E-state index in [2.05, 4.69) is 19.6 Å². The molecule has 1 aliphatic rings. The van der Waals surface area contributed by atoms with Gasteiger partial charge in [0.25, 0.3) is 0 Å². The molecule has 1 fully saturated rings. The van der Waals surface area contributed by atoms with Crippen LogP contribution in [0.25, 0.3) is 0 Å². The van der Waals surface area contributed by atoms with Gasteiger partial charge in [0.2, 0.25) is 0 Å². The summed E-state index contributed by atoms with van der Waals surface area (Å²) in [5, 5.41) is 0. The Bertz CT molecular complexity index is 131. The summed E-state index contributed by atoms with van der Waals surface area (Å²) in [5.74, 6) is 1.52. The number of rotatable bonds is 6. The van der Waals surface area contributed by atoms with Crippen LogP contribution in [0.1, 0.15) is 32.6 Å². The van der Waals surface area contributed by atoms with Gasteiger partial charge in [-0.15, -0.1) is 0 Å². The Morgan fingerprint density at radius 3 is 2.93 bits per heavy atom. The number of hydrogen-bond donors (Lipinski definition) is 1. The van der Waals surface area contributed by atoms with E-state index in [0.29, 0.717) is 12.0 Å². The van der Waals surface area contributed by atoms with Crippen molar-refractivity contribution >= 4 is 12.6 Å². The molecule has 1 rings (SSSR count). The first-order valence-corrected chi connectivity index (χ1v) is 6.30. The van der Waals surface area contributed by atoms with Crippen LogP contribution in [0, 0.1) is 5.92 Å². The topological polar surface area (TPSA) is 18.5 Å². The Morgan fingerprint density at radius 1 is 1.50 bits per heavy atom. The number of thiol groups is 1. The second-order valence-electron chi connectivity index (χ2n) is 3.98. The third-order valence-electron chi connectivity index (χ3n) is 2.77. The molecule has 2 nitrogen and oxygen atoms in total. The average molecular weight is 218 g/mol. The lowest BCUT2D eigenvalue weighted by Crippen LogP contribution is -2.25. The van der Waals surface area contributed by atoms with Gasteiger partial charge in [0.05, 0.1) is 19.3 Å². The lowest BCUT2D eigenvalue weighted by molar-refractivity contribution is -0.0457. The van der Waals surface area contributed by atoms with Crippen LogP contribution in [0.2, 0.25) is 0 Å². The highest BCUT2D eigenvalue weighted by atomic mass is 32.1. The van der Waals surface area contributed by atoms with Crippen molar-refractivity contribution in [3.8, 4) is 0 Å². The van der Waals surface area contributed by atoms with Crippen LogP contribution in [-0.2, 0) is 9.47 Å². The first-order chi connectivity index (χ1) is 6.86. The highest BCUT2D eigenvalue weighted by Crippen LogP contribution is 2.13. The number of ether oxygens (including phenoxy) is 2. The van der Waals surface area contributed by atoms with Crippen LogP contribution in [0.3, 0.4) is 0 Å². The quantitative estimate of drug-likeness (QED) is 0.691. The minimum atomic E-state index is 0.348. The molecule has 0 aromatic carbocycles. The molecule has 0 bridgehead atoms. The van der Waals surface area contributed by atoms with Crippen molar-refractivity contribution in [1.82, 2.24) is 0 Å². The van der Waals surface area contributed by atoms with E-state index in [4.69, 9.17) is 9.47 Å². The molecule has 0 saturated carbocycles. The summed E-state index contributed by atoms with van der Waals surface area (Å²) in [7, 11) is 0. The molecule has 0 N–H and O–H groups in total. The maximum absolute atomic E-state index is 5.64. The molecular formula is C11H22O2S. The van der Waals surface area contributed by atoms with E-state index in [1.54, 1.807) is 0 Å². The molecule has 0 aliphatic carbocycles. The van der Waals surface area contributed by atoms with Crippen molar-refractivity contribution in [1.29, 1.82) is 0 Å². The molecule has 0 aromatic heterocycles. The summed E-state index contributed by atoms with van der Waals surface area (Å²) in [6.07, 6.45) is 5.16. The molecule has 1 saturated heterocycles. The van der Waals surface area contributed by atoms with Crippen LogP contribution in [-0.4, -0.2) is 31.7 Å². The Balaban J connectivity index is 2.01. The van der Waals surface area contributed by atoms with E-state index in [0.717, 1.165) is 38.4 Å². The third-order valence-corrected chi connectivity index (χ3v) is 3.28. The van der Waals surface area contributed by atoms with Crippen molar-refractivity contribution in [2.24, 2.45) is 5.92 Å². The Kier molecular flexibility index (Phi) is 6.65. The standard InChI is InChI=1S/C11H22O2S/c1-2-10(9-14)7-12-8-11-5-3-4-6-13-11/h10-11,14H,2-9H2,1H3. The van der Waals surface area contributed by atoms with Gasteiger partial charge >= 0.3 is 0 Å². The van der Waals surface area contributed by atoms with Gasteiger partial charge in [-0.3, -0.25) is 0 Å². The molecular weight excluding hydrogens is 196 g/mol. The van der Waals surface area contributed by atoms with Crippen molar-refractivity contribution in [2.45, 2.75) is 38.7 Å². The molecule has 2 atom stereocenters. The van der Waals surface area contributed by atoms with Gasteiger partial charge in [0, 0.05) is 6.61 Å². The zero-order valence-corrected chi connectivity index (χ0v) is 9.97. The lowest BCUT2D eigenvalue weighted by atomic mass is 10.1. The predicted octanol–water partition coefficient (Wildman–Crippen LogP) is 2.53. The largest absolute Gasteiger partial charge is 0.378 e. The summed E-state index contributed by atoms with van der Waals surface area (Å²) < 4.78 is 11.2. The van der Waals surface area contributed by atoms with Crippen molar-refractivity contribution in [3.63, 3.8) is 0 Å². The second-order valence-corrected chi connectivity index (χ2v) is 4.35. The van der Waals surface area contributed by atoms with Gasteiger partial charge in [0.15, 0.2) is 0 Å². The molecule has 3 heteroatoms. The van der Waals surface area contributed by atoms with Gasteiger partial charge in [-0.1, -0.05) is 13.3 Å². The highest BCUT2D eigenvalue weighted by molar-refractivity contribution is 7.80. The molecule has 2 unspecified atom stereocenters. The van der Waals surface area contributed by atoms with Gasteiger partial charge in [-0.2, -0.15) is 12.6 Å². The van der Waals surface area contributed by atoms with Crippen LogP contribution in [0.15, 0.2) is 0 Å². The molecule has 14 heavy (non-hydrogen) atoms. The SMILES string of the molecule is CCC(CS)COCC1CCCCO1. The van der Waals surface area contributed by atoms with E-state index >= 15 is 0 Å². The van der Waals surface area contributed by atoms with Gasteiger partial charge < -0.3 is 9.47 Å². The van der Waals surface area contributed by atoms with Crippen LogP contribution < -0.4 is 0 Å². The van der Waals surface area contributed by atoms with Crippen LogP contribution >= 0.6 is 12.6 Å².